The summed E-state index contributed by atoms with van der Waals surface area (Å²) in [7, 11) is 0. The molecule has 1 saturated heterocycles. The zero-order valence-electron chi connectivity index (χ0n) is 13.7. The summed E-state index contributed by atoms with van der Waals surface area (Å²) >= 11 is 0. The second-order valence-electron chi connectivity index (χ2n) is 6.71. The Bertz CT molecular complexity index is 889. The van der Waals surface area contributed by atoms with Gasteiger partial charge in [0.1, 0.15) is 5.60 Å². The molecule has 2 aliphatic heterocycles. The molecule has 1 fully saturated rings. The molecule has 0 saturated carbocycles. The van der Waals surface area contributed by atoms with Crippen LogP contribution >= 0.6 is 0 Å². The predicted molar refractivity (Wildman–Crippen MR) is 90.1 cm³/mol. The van der Waals surface area contributed by atoms with E-state index in [9.17, 15) is 0 Å². The van der Waals surface area contributed by atoms with Crippen molar-refractivity contribution in [3.63, 3.8) is 0 Å². The third-order valence-corrected chi connectivity index (χ3v) is 5.36. The van der Waals surface area contributed by atoms with Crippen molar-refractivity contribution in [2.24, 2.45) is 0 Å². The second-order valence-corrected chi connectivity index (χ2v) is 6.71. The zero-order valence-corrected chi connectivity index (χ0v) is 13.7. The van der Waals surface area contributed by atoms with E-state index in [0.717, 1.165) is 39.0 Å². The second kappa shape index (κ2) is 5.08. The van der Waals surface area contributed by atoms with Gasteiger partial charge in [-0.1, -0.05) is 23.3 Å². The van der Waals surface area contributed by atoms with Crippen LogP contribution in [0.1, 0.15) is 30.0 Å². The maximum absolute atomic E-state index is 6.33. The normalized spacial score (nSPS) is 19.8. The minimum absolute atomic E-state index is 0.210. The first-order valence-corrected chi connectivity index (χ1v) is 8.54. The molecule has 0 atom stereocenters. The number of aromatic nitrogens is 3. The lowest BCUT2D eigenvalue weighted by molar-refractivity contribution is -0.0794. The van der Waals surface area contributed by atoms with Gasteiger partial charge in [-0.15, -0.1) is 5.10 Å². The Hall–Kier alpha value is -2.34. The number of H-pyrrole nitrogens is 1. The summed E-state index contributed by atoms with van der Waals surface area (Å²) in [5.74, 6) is 0.608. The van der Waals surface area contributed by atoms with Gasteiger partial charge < -0.3 is 19.0 Å². The van der Waals surface area contributed by atoms with Crippen LogP contribution in [0.5, 0.6) is 0 Å². The van der Waals surface area contributed by atoms with Gasteiger partial charge in [0.05, 0.1) is 12.3 Å². The maximum Gasteiger partial charge on any atom is 0.318 e. The van der Waals surface area contributed by atoms with Gasteiger partial charge >= 0.3 is 6.01 Å². The Balaban J connectivity index is 1.48. The molecule has 2 aromatic heterocycles. The smallest absolute Gasteiger partial charge is 0.318 e. The van der Waals surface area contributed by atoms with Gasteiger partial charge in [0.15, 0.2) is 0 Å². The van der Waals surface area contributed by atoms with E-state index in [2.05, 4.69) is 44.3 Å². The average Bonchev–Trinajstić information content (AvgIpc) is 3.21. The molecule has 0 amide bonds. The predicted octanol–water partition coefficient (Wildman–Crippen LogP) is 2.93. The van der Waals surface area contributed by atoms with Crippen LogP contribution in [-0.2, 0) is 16.8 Å². The molecule has 24 heavy (non-hydrogen) atoms. The molecular weight excluding hydrogens is 304 g/mol. The maximum atomic E-state index is 6.33. The largest absolute Gasteiger partial charge is 0.408 e. The van der Waals surface area contributed by atoms with Crippen LogP contribution in [0.15, 0.2) is 28.7 Å². The van der Waals surface area contributed by atoms with Gasteiger partial charge in [-0.3, -0.25) is 0 Å². The first kappa shape index (κ1) is 14.0. The minimum atomic E-state index is -0.210. The fraction of sp³-hybridized carbons (Fsp3) is 0.444. The van der Waals surface area contributed by atoms with Gasteiger partial charge in [-0.05, 0) is 30.9 Å². The van der Waals surface area contributed by atoms with Crippen molar-refractivity contribution in [3.8, 4) is 0 Å². The van der Waals surface area contributed by atoms with E-state index >= 15 is 0 Å². The van der Waals surface area contributed by atoms with Crippen molar-refractivity contribution in [1.29, 1.82) is 0 Å². The molecule has 0 unspecified atom stereocenters. The number of nitrogens with zero attached hydrogens (tertiary/aromatic N) is 3. The van der Waals surface area contributed by atoms with E-state index in [0.29, 0.717) is 11.9 Å². The molecule has 6 heteroatoms. The summed E-state index contributed by atoms with van der Waals surface area (Å²) < 4.78 is 11.9. The summed E-state index contributed by atoms with van der Waals surface area (Å²) in [5, 5.41) is 9.42. The number of aromatic amines is 1. The quantitative estimate of drug-likeness (QED) is 0.745. The van der Waals surface area contributed by atoms with Crippen LogP contribution in [0.4, 0.5) is 6.01 Å². The van der Waals surface area contributed by atoms with Crippen LogP contribution in [0.2, 0.25) is 0 Å². The number of benzene rings is 1. The highest BCUT2D eigenvalue weighted by Crippen LogP contribution is 2.43. The van der Waals surface area contributed by atoms with Crippen molar-refractivity contribution >= 4 is 16.9 Å². The molecule has 6 nitrogen and oxygen atoms in total. The van der Waals surface area contributed by atoms with Crippen LogP contribution in [0.3, 0.4) is 0 Å². The van der Waals surface area contributed by atoms with Crippen LogP contribution in [0.25, 0.3) is 10.9 Å². The highest BCUT2D eigenvalue weighted by Gasteiger charge is 2.43. The van der Waals surface area contributed by atoms with Gasteiger partial charge in [0, 0.05) is 30.9 Å². The number of nitrogens with one attached hydrogen (secondary N) is 1. The summed E-state index contributed by atoms with van der Waals surface area (Å²) in [6.07, 6.45) is 2.83. The van der Waals surface area contributed by atoms with Gasteiger partial charge in [0.2, 0.25) is 5.89 Å². The molecule has 1 N–H and O–H groups in total. The number of rotatable bonds is 1. The Kier molecular flexibility index (Phi) is 2.97. The molecule has 124 valence electrons. The highest BCUT2D eigenvalue weighted by molar-refractivity contribution is 5.85. The Labute approximate surface area is 139 Å². The highest BCUT2D eigenvalue weighted by atomic mass is 16.5. The lowest BCUT2D eigenvalue weighted by Crippen LogP contribution is -2.47. The molecule has 3 aromatic rings. The van der Waals surface area contributed by atoms with E-state index in [1.807, 2.05) is 6.92 Å². The monoisotopic (exact) mass is 324 g/mol. The van der Waals surface area contributed by atoms with Gasteiger partial charge in [0.25, 0.3) is 0 Å². The molecule has 0 radical (unpaired) electrons. The number of para-hydroxylation sites is 1. The molecule has 2 aliphatic rings. The number of fused-ring (bicyclic) bond motifs is 4. The number of ether oxygens (including phenoxy) is 1. The van der Waals surface area contributed by atoms with Crippen molar-refractivity contribution in [3.05, 3.63) is 41.4 Å². The van der Waals surface area contributed by atoms with E-state index in [4.69, 9.17) is 9.15 Å². The topological polar surface area (TPSA) is 67.2 Å². The molecule has 0 bridgehead atoms. The van der Waals surface area contributed by atoms with E-state index in [-0.39, 0.29) is 5.60 Å². The fourth-order valence-electron chi connectivity index (χ4n) is 4.14. The Morgan fingerprint density at radius 1 is 1.17 bits per heavy atom. The number of aryl methyl sites for hydroxylation is 1. The number of piperidine rings is 1. The third kappa shape index (κ3) is 1.99. The molecule has 1 aromatic carbocycles. The SMILES string of the molecule is Cc1nnc(N2CCC3(CC2)OCCc2c3[nH]c3ccccc23)o1. The number of hydrogen-bond donors (Lipinski definition) is 1. The average molecular weight is 324 g/mol. The standard InChI is InChI=1S/C18H20N4O2/c1-12-20-21-17(24-12)22-9-7-18(8-10-22)16-14(6-11-23-18)13-4-2-3-5-15(13)19-16/h2-5,19H,6-11H2,1H3. The van der Waals surface area contributed by atoms with Crippen LogP contribution < -0.4 is 4.90 Å². The molecule has 0 aliphatic carbocycles. The lowest BCUT2D eigenvalue weighted by Gasteiger charge is -2.43. The first-order chi connectivity index (χ1) is 11.8. The van der Waals surface area contributed by atoms with E-state index in [1.165, 1.54) is 22.2 Å². The zero-order chi connectivity index (χ0) is 16.1. The van der Waals surface area contributed by atoms with Crippen LogP contribution in [0, 0.1) is 6.92 Å². The molecule has 4 heterocycles. The third-order valence-electron chi connectivity index (χ3n) is 5.36. The lowest BCUT2D eigenvalue weighted by atomic mass is 9.83. The van der Waals surface area contributed by atoms with E-state index in [1.54, 1.807) is 0 Å². The molecule has 1 spiro atoms. The van der Waals surface area contributed by atoms with Gasteiger partial charge in [-0.25, -0.2) is 0 Å². The summed E-state index contributed by atoms with van der Waals surface area (Å²) in [6.45, 7) is 4.32. The Morgan fingerprint density at radius 2 is 2.00 bits per heavy atom. The van der Waals surface area contributed by atoms with Gasteiger partial charge in [-0.2, -0.15) is 0 Å². The van der Waals surface area contributed by atoms with Crippen molar-refractivity contribution < 1.29 is 9.15 Å². The number of anilines is 1. The van der Waals surface area contributed by atoms with Crippen molar-refractivity contribution in [2.75, 3.05) is 24.6 Å². The summed E-state index contributed by atoms with van der Waals surface area (Å²) in [4.78, 5) is 5.80. The molecule has 5 rings (SSSR count). The fourth-order valence-corrected chi connectivity index (χ4v) is 4.14. The Morgan fingerprint density at radius 3 is 2.79 bits per heavy atom. The summed E-state index contributed by atoms with van der Waals surface area (Å²) in [5.41, 5.74) is 3.70. The first-order valence-electron chi connectivity index (χ1n) is 8.54. The summed E-state index contributed by atoms with van der Waals surface area (Å²) in [6, 6.07) is 9.17. The van der Waals surface area contributed by atoms with Crippen molar-refractivity contribution in [1.82, 2.24) is 15.2 Å². The van der Waals surface area contributed by atoms with Crippen LogP contribution in [-0.4, -0.2) is 34.9 Å². The van der Waals surface area contributed by atoms with Crippen molar-refractivity contribution in [2.45, 2.75) is 31.8 Å². The van der Waals surface area contributed by atoms with E-state index < -0.39 is 0 Å². The molecular formula is C18H20N4O2. The minimum Gasteiger partial charge on any atom is -0.408 e. The number of hydrogen-bond acceptors (Lipinski definition) is 5.